The van der Waals surface area contributed by atoms with Gasteiger partial charge in [0.15, 0.2) is 0 Å². The molecule has 1 atom stereocenters. The van der Waals surface area contributed by atoms with Crippen molar-refractivity contribution in [3.05, 3.63) is 44.6 Å². The van der Waals surface area contributed by atoms with Crippen LogP contribution in [0.25, 0.3) is 10.9 Å². The number of carbonyl (C=O) groups is 2. The van der Waals surface area contributed by atoms with Crippen molar-refractivity contribution < 1.29 is 14.7 Å². The van der Waals surface area contributed by atoms with E-state index in [1.165, 1.54) is 25.1 Å². The maximum absolute atomic E-state index is 12.1. The third kappa shape index (κ3) is 2.76. The molecule has 0 aliphatic carbocycles. The van der Waals surface area contributed by atoms with Crippen LogP contribution in [-0.4, -0.2) is 32.6 Å². The predicted octanol–water partition coefficient (Wildman–Crippen LogP) is -0.0874. The molecule has 0 bridgehead atoms. The van der Waals surface area contributed by atoms with Gasteiger partial charge in [-0.3, -0.25) is 19.0 Å². The summed E-state index contributed by atoms with van der Waals surface area (Å²) in [5, 5.41) is 11.4. The zero-order valence-corrected chi connectivity index (χ0v) is 12.0. The van der Waals surface area contributed by atoms with E-state index in [1.807, 2.05) is 0 Å². The number of carboxylic acids is 1. The Morgan fingerprint density at radius 3 is 2.64 bits per heavy atom. The highest BCUT2D eigenvalue weighted by molar-refractivity contribution is 5.99. The van der Waals surface area contributed by atoms with E-state index in [2.05, 4.69) is 10.3 Å². The van der Waals surface area contributed by atoms with Crippen LogP contribution in [0.15, 0.2) is 27.8 Å². The number of fused-ring (bicyclic) bond motifs is 1. The number of aromatic amines is 1. The highest BCUT2D eigenvalue weighted by Gasteiger charge is 2.16. The minimum Gasteiger partial charge on any atom is -0.480 e. The van der Waals surface area contributed by atoms with Gasteiger partial charge in [-0.1, -0.05) is 0 Å². The van der Waals surface area contributed by atoms with E-state index in [9.17, 15) is 19.2 Å². The number of benzene rings is 1. The molecule has 0 aliphatic rings. The molecule has 3 N–H and O–H groups in total. The number of aromatic nitrogens is 2. The van der Waals surface area contributed by atoms with Gasteiger partial charge in [0.2, 0.25) is 0 Å². The topological polar surface area (TPSA) is 121 Å². The van der Waals surface area contributed by atoms with Crippen molar-refractivity contribution in [3.8, 4) is 0 Å². The number of aliphatic carboxylic acids is 1. The molecular weight excluding hydrogens is 290 g/mol. The summed E-state index contributed by atoms with van der Waals surface area (Å²) in [7, 11) is 0. The van der Waals surface area contributed by atoms with E-state index in [4.69, 9.17) is 5.11 Å². The van der Waals surface area contributed by atoms with Crippen LogP contribution in [0, 0.1) is 0 Å². The molecule has 0 radical (unpaired) electrons. The number of amides is 1. The summed E-state index contributed by atoms with van der Waals surface area (Å²) < 4.78 is 1.05. The number of hydrogen-bond acceptors (Lipinski definition) is 4. The summed E-state index contributed by atoms with van der Waals surface area (Å²) in [6, 6.07) is 3.14. The molecule has 0 saturated carbocycles. The lowest BCUT2D eigenvalue weighted by Crippen LogP contribution is -2.38. The van der Waals surface area contributed by atoms with E-state index in [0.29, 0.717) is 0 Å². The first-order valence-electron chi connectivity index (χ1n) is 6.65. The molecule has 1 aromatic carbocycles. The highest BCUT2D eigenvalue weighted by Crippen LogP contribution is 2.09. The molecular formula is C14H15N3O5. The van der Waals surface area contributed by atoms with E-state index < -0.39 is 29.2 Å². The summed E-state index contributed by atoms with van der Waals surface area (Å²) in [5.41, 5.74) is -0.608. The second-order valence-corrected chi connectivity index (χ2v) is 4.77. The van der Waals surface area contributed by atoms with Gasteiger partial charge in [0.05, 0.1) is 10.9 Å². The number of H-pyrrole nitrogens is 1. The van der Waals surface area contributed by atoms with Crippen molar-refractivity contribution in [2.45, 2.75) is 26.4 Å². The second kappa shape index (κ2) is 5.84. The molecule has 0 aliphatic heterocycles. The zero-order valence-electron chi connectivity index (χ0n) is 12.0. The lowest BCUT2D eigenvalue weighted by molar-refractivity contribution is -0.138. The molecule has 8 heteroatoms. The first-order chi connectivity index (χ1) is 10.3. The lowest BCUT2D eigenvalue weighted by atomic mass is 10.1. The molecule has 1 amide bonds. The quantitative estimate of drug-likeness (QED) is 0.729. The average molecular weight is 305 g/mol. The lowest BCUT2D eigenvalue weighted by Gasteiger charge is -2.10. The average Bonchev–Trinajstić information content (AvgIpc) is 2.46. The van der Waals surface area contributed by atoms with Crippen molar-refractivity contribution >= 4 is 22.8 Å². The largest absolute Gasteiger partial charge is 0.480 e. The molecule has 0 saturated heterocycles. The van der Waals surface area contributed by atoms with Crippen molar-refractivity contribution in [1.82, 2.24) is 14.9 Å². The van der Waals surface area contributed by atoms with Crippen LogP contribution in [0.3, 0.4) is 0 Å². The van der Waals surface area contributed by atoms with Crippen LogP contribution >= 0.6 is 0 Å². The molecule has 0 spiro atoms. The molecule has 0 fully saturated rings. The molecule has 1 unspecified atom stereocenters. The van der Waals surface area contributed by atoms with Gasteiger partial charge in [0.1, 0.15) is 6.04 Å². The van der Waals surface area contributed by atoms with Gasteiger partial charge in [0.25, 0.3) is 11.5 Å². The highest BCUT2D eigenvalue weighted by atomic mass is 16.4. The SMILES string of the molecule is CCn1c(=O)[nH]c2cc(C(=O)NC(C)C(=O)O)ccc2c1=O. The summed E-state index contributed by atoms with van der Waals surface area (Å²) in [4.78, 5) is 49.1. The normalized spacial score (nSPS) is 12.1. The minimum atomic E-state index is -1.16. The summed E-state index contributed by atoms with van der Waals surface area (Å²) in [5.74, 6) is -1.76. The van der Waals surface area contributed by atoms with E-state index >= 15 is 0 Å². The molecule has 2 rings (SSSR count). The Labute approximate surface area is 124 Å². The summed E-state index contributed by atoms with van der Waals surface area (Å²) in [6.07, 6.45) is 0. The molecule has 1 heterocycles. The third-order valence-corrected chi connectivity index (χ3v) is 3.28. The van der Waals surface area contributed by atoms with Crippen molar-refractivity contribution in [2.24, 2.45) is 0 Å². The van der Waals surface area contributed by atoms with Gasteiger partial charge in [-0.15, -0.1) is 0 Å². The van der Waals surface area contributed by atoms with Crippen LogP contribution < -0.4 is 16.6 Å². The maximum atomic E-state index is 12.1. The van der Waals surface area contributed by atoms with Crippen molar-refractivity contribution in [3.63, 3.8) is 0 Å². The van der Waals surface area contributed by atoms with Gasteiger partial charge in [-0.25, -0.2) is 4.79 Å². The smallest absolute Gasteiger partial charge is 0.328 e. The van der Waals surface area contributed by atoms with Gasteiger partial charge in [-0.2, -0.15) is 0 Å². The maximum Gasteiger partial charge on any atom is 0.328 e. The Balaban J connectivity index is 2.48. The van der Waals surface area contributed by atoms with Gasteiger partial charge < -0.3 is 15.4 Å². The fourth-order valence-corrected chi connectivity index (χ4v) is 2.02. The second-order valence-electron chi connectivity index (χ2n) is 4.77. The molecule has 116 valence electrons. The first-order valence-corrected chi connectivity index (χ1v) is 6.65. The summed E-state index contributed by atoms with van der Waals surface area (Å²) in [6.45, 7) is 3.25. The Hall–Kier alpha value is -2.90. The van der Waals surface area contributed by atoms with Crippen LogP contribution in [0.5, 0.6) is 0 Å². The van der Waals surface area contributed by atoms with Crippen LogP contribution in [-0.2, 0) is 11.3 Å². The number of carboxylic acid groups (broad SMARTS) is 1. The monoisotopic (exact) mass is 305 g/mol. The Morgan fingerprint density at radius 2 is 2.05 bits per heavy atom. The van der Waals surface area contributed by atoms with Crippen LogP contribution in [0.4, 0.5) is 0 Å². The number of rotatable bonds is 4. The number of hydrogen-bond donors (Lipinski definition) is 3. The fourth-order valence-electron chi connectivity index (χ4n) is 2.02. The summed E-state index contributed by atoms with van der Waals surface area (Å²) >= 11 is 0. The number of nitrogens with one attached hydrogen (secondary N) is 2. The zero-order chi connectivity index (χ0) is 16.4. The van der Waals surface area contributed by atoms with Crippen LogP contribution in [0.2, 0.25) is 0 Å². The van der Waals surface area contributed by atoms with Gasteiger partial charge in [-0.05, 0) is 32.0 Å². The number of carbonyl (C=O) groups excluding carboxylic acids is 1. The third-order valence-electron chi connectivity index (χ3n) is 3.28. The van der Waals surface area contributed by atoms with Crippen molar-refractivity contribution in [1.29, 1.82) is 0 Å². The fraction of sp³-hybridized carbons (Fsp3) is 0.286. The Bertz CT molecular complexity index is 865. The van der Waals surface area contributed by atoms with E-state index in [1.54, 1.807) is 6.92 Å². The Kier molecular flexibility index (Phi) is 4.11. The molecule has 22 heavy (non-hydrogen) atoms. The van der Waals surface area contributed by atoms with E-state index in [0.717, 1.165) is 4.57 Å². The first kappa shape index (κ1) is 15.5. The number of nitrogens with zero attached hydrogens (tertiary/aromatic N) is 1. The van der Waals surface area contributed by atoms with E-state index in [-0.39, 0.29) is 23.0 Å². The van der Waals surface area contributed by atoms with Gasteiger partial charge >= 0.3 is 11.7 Å². The predicted molar refractivity (Wildman–Crippen MR) is 79.1 cm³/mol. The van der Waals surface area contributed by atoms with Gasteiger partial charge in [0, 0.05) is 12.1 Å². The van der Waals surface area contributed by atoms with Crippen LogP contribution in [0.1, 0.15) is 24.2 Å². The van der Waals surface area contributed by atoms with Crippen molar-refractivity contribution in [2.75, 3.05) is 0 Å². The molecule has 8 nitrogen and oxygen atoms in total. The Morgan fingerprint density at radius 1 is 1.36 bits per heavy atom. The minimum absolute atomic E-state index is 0.157. The molecule has 2 aromatic rings. The standard InChI is InChI=1S/C14H15N3O5/c1-3-17-12(19)9-5-4-8(6-10(9)16-14(17)22)11(18)15-7(2)13(20)21/h4-7H,3H2,1-2H3,(H,15,18)(H,16,22)(H,20,21). The molecule has 1 aromatic heterocycles.